The summed E-state index contributed by atoms with van der Waals surface area (Å²) in [5.74, 6) is 0. The Morgan fingerprint density at radius 3 is 2.54 bits per heavy atom. The van der Waals surface area contributed by atoms with Crippen LogP contribution in [0.5, 0.6) is 0 Å². The van der Waals surface area contributed by atoms with E-state index in [1.807, 2.05) is 6.92 Å². The predicted molar refractivity (Wildman–Crippen MR) is 45.3 cm³/mol. The molecule has 1 atom stereocenters. The van der Waals surface area contributed by atoms with Gasteiger partial charge in [0.05, 0.1) is 5.57 Å². The highest BCUT2D eigenvalue weighted by Crippen LogP contribution is 2.32. The van der Waals surface area contributed by atoms with Crippen LogP contribution in [-0.4, -0.2) is 12.2 Å². The van der Waals surface area contributed by atoms with Gasteiger partial charge in [-0.25, -0.2) is 0 Å². The summed E-state index contributed by atoms with van der Waals surface area (Å²) in [6.07, 6.45) is -1.18. The quantitative estimate of drug-likeness (QED) is 0.658. The molecular weight excluding hydrogens is 203 g/mol. The first-order valence-electron chi connectivity index (χ1n) is 3.87. The van der Waals surface area contributed by atoms with Gasteiger partial charge in [-0.1, -0.05) is 24.6 Å². The molecule has 0 aliphatic carbocycles. The number of rotatable bonds is 1. The first kappa shape index (κ1) is 10.4. The van der Waals surface area contributed by atoms with E-state index in [9.17, 15) is 13.2 Å². The van der Waals surface area contributed by atoms with Crippen LogP contribution in [-0.2, 0) is 0 Å². The molecule has 13 heavy (non-hydrogen) atoms. The highest BCUT2D eigenvalue weighted by molar-refractivity contribution is 6.30. The van der Waals surface area contributed by atoms with E-state index >= 15 is 0 Å². The number of allylic oxidation sites excluding steroid dienone is 2. The molecule has 0 radical (unpaired) electrons. The predicted octanol–water partition coefficient (Wildman–Crippen LogP) is 2.94. The number of nitrogens with one attached hydrogen (secondary N) is 1. The first-order valence-corrected chi connectivity index (χ1v) is 4.24. The molecule has 0 spiro atoms. The smallest absolute Gasteiger partial charge is 0.369 e. The normalized spacial score (nSPS) is 23.3. The third-order valence-electron chi connectivity index (χ3n) is 1.79. The second-order valence-corrected chi connectivity index (χ2v) is 3.12. The lowest BCUT2D eigenvalue weighted by atomic mass is 10.1. The van der Waals surface area contributed by atoms with E-state index in [4.69, 9.17) is 11.6 Å². The molecule has 5 heteroatoms. The van der Waals surface area contributed by atoms with E-state index in [1.54, 1.807) is 0 Å². The Morgan fingerprint density at radius 1 is 1.54 bits per heavy atom. The summed E-state index contributed by atoms with van der Waals surface area (Å²) < 4.78 is 36.6. The maximum absolute atomic E-state index is 12.2. The van der Waals surface area contributed by atoms with Gasteiger partial charge >= 0.3 is 6.18 Å². The minimum Gasteiger partial charge on any atom is -0.369 e. The van der Waals surface area contributed by atoms with E-state index < -0.39 is 11.7 Å². The molecule has 0 aromatic heterocycles. The van der Waals surface area contributed by atoms with Crippen molar-refractivity contribution in [3.8, 4) is 0 Å². The van der Waals surface area contributed by atoms with Crippen molar-refractivity contribution in [2.45, 2.75) is 25.6 Å². The van der Waals surface area contributed by atoms with Gasteiger partial charge in [0.25, 0.3) is 0 Å². The molecule has 1 nitrogen and oxygen atoms in total. The summed E-state index contributed by atoms with van der Waals surface area (Å²) in [5, 5.41) is 2.24. The van der Waals surface area contributed by atoms with Crippen LogP contribution in [0.3, 0.4) is 0 Å². The maximum Gasteiger partial charge on any atom is 0.419 e. The Balaban J connectivity index is 2.85. The van der Waals surface area contributed by atoms with Gasteiger partial charge in [0.2, 0.25) is 0 Å². The standard InChI is InChI=1S/C8H9ClF3N/c1-2-5-3-4-6(7(9)13-5)8(10,11)12/h3-5,13H,2H2,1H3. The molecule has 1 heterocycles. The van der Waals surface area contributed by atoms with Crippen molar-refractivity contribution in [1.29, 1.82) is 0 Å². The zero-order chi connectivity index (χ0) is 10.1. The summed E-state index contributed by atoms with van der Waals surface area (Å²) in [6.45, 7) is 1.87. The molecule has 0 aromatic rings. The monoisotopic (exact) mass is 211 g/mol. The fourth-order valence-corrected chi connectivity index (χ4v) is 1.34. The van der Waals surface area contributed by atoms with Gasteiger partial charge in [0, 0.05) is 6.04 Å². The molecule has 1 aliphatic rings. The van der Waals surface area contributed by atoms with Gasteiger partial charge < -0.3 is 5.32 Å². The minimum atomic E-state index is -4.38. The maximum atomic E-state index is 12.2. The van der Waals surface area contributed by atoms with Crippen molar-refractivity contribution in [3.05, 3.63) is 22.9 Å². The first-order chi connectivity index (χ1) is 5.95. The molecule has 0 amide bonds. The number of dihydropyridines is 1. The molecule has 1 N–H and O–H groups in total. The Morgan fingerprint density at radius 2 is 2.15 bits per heavy atom. The highest BCUT2D eigenvalue weighted by Gasteiger charge is 2.36. The molecule has 74 valence electrons. The lowest BCUT2D eigenvalue weighted by Gasteiger charge is -2.21. The lowest BCUT2D eigenvalue weighted by Crippen LogP contribution is -2.30. The van der Waals surface area contributed by atoms with Crippen molar-refractivity contribution >= 4 is 11.6 Å². The van der Waals surface area contributed by atoms with Gasteiger partial charge in [-0.05, 0) is 12.5 Å². The lowest BCUT2D eigenvalue weighted by molar-refractivity contribution is -0.0891. The Labute approximate surface area is 79.3 Å². The van der Waals surface area contributed by atoms with E-state index in [2.05, 4.69) is 5.32 Å². The zero-order valence-corrected chi connectivity index (χ0v) is 7.71. The number of alkyl halides is 3. The summed E-state index contributed by atoms with van der Waals surface area (Å²) >= 11 is 5.44. The van der Waals surface area contributed by atoms with Crippen molar-refractivity contribution in [2.75, 3.05) is 0 Å². The zero-order valence-electron chi connectivity index (χ0n) is 6.95. The molecular formula is C8H9ClF3N. The minimum absolute atomic E-state index is 0.0985. The van der Waals surface area contributed by atoms with Crippen LogP contribution >= 0.6 is 11.6 Å². The van der Waals surface area contributed by atoms with Crippen LogP contribution < -0.4 is 5.32 Å². The molecule has 0 saturated heterocycles. The topological polar surface area (TPSA) is 12.0 Å². The molecule has 0 fully saturated rings. The van der Waals surface area contributed by atoms with Gasteiger partial charge in [-0.3, -0.25) is 0 Å². The molecule has 0 aromatic carbocycles. The van der Waals surface area contributed by atoms with E-state index in [1.165, 1.54) is 6.08 Å². The van der Waals surface area contributed by atoms with Crippen LogP contribution in [0, 0.1) is 0 Å². The average molecular weight is 212 g/mol. The number of hydrogen-bond donors (Lipinski definition) is 1. The SMILES string of the molecule is CCC1C=CC(C(F)(F)F)=C(Cl)N1. The van der Waals surface area contributed by atoms with Crippen molar-refractivity contribution in [1.82, 2.24) is 5.32 Å². The second kappa shape index (κ2) is 3.62. The summed E-state index contributed by atoms with van der Waals surface area (Å²) in [6, 6.07) is -0.0985. The van der Waals surface area contributed by atoms with Gasteiger partial charge in [0.15, 0.2) is 0 Å². The second-order valence-electron chi connectivity index (χ2n) is 2.74. The Hall–Kier alpha value is -0.640. The summed E-state index contributed by atoms with van der Waals surface area (Å²) in [4.78, 5) is 0. The van der Waals surface area contributed by atoms with Crippen molar-refractivity contribution in [2.24, 2.45) is 0 Å². The average Bonchev–Trinajstić information content (AvgIpc) is 2.01. The van der Waals surface area contributed by atoms with E-state index in [0.29, 0.717) is 6.42 Å². The Kier molecular flexibility index (Phi) is 2.91. The molecule has 1 rings (SSSR count). The fourth-order valence-electron chi connectivity index (χ4n) is 1.03. The van der Waals surface area contributed by atoms with Crippen LogP contribution in [0.15, 0.2) is 22.9 Å². The molecule has 0 bridgehead atoms. The van der Waals surface area contributed by atoms with Crippen LogP contribution in [0.1, 0.15) is 13.3 Å². The largest absolute Gasteiger partial charge is 0.419 e. The Bertz CT molecular complexity index is 255. The molecule has 1 aliphatic heterocycles. The van der Waals surface area contributed by atoms with Gasteiger partial charge in [-0.15, -0.1) is 0 Å². The highest BCUT2D eigenvalue weighted by atomic mass is 35.5. The number of hydrogen-bond acceptors (Lipinski definition) is 1. The summed E-state index contributed by atoms with van der Waals surface area (Å²) in [7, 11) is 0. The van der Waals surface area contributed by atoms with Gasteiger partial charge in [0.1, 0.15) is 5.16 Å². The van der Waals surface area contributed by atoms with Crippen LogP contribution in [0.4, 0.5) is 13.2 Å². The van der Waals surface area contributed by atoms with E-state index in [0.717, 1.165) is 6.08 Å². The summed E-state index contributed by atoms with van der Waals surface area (Å²) in [5.41, 5.74) is -0.807. The third kappa shape index (κ3) is 2.40. The van der Waals surface area contributed by atoms with Crippen LogP contribution in [0.2, 0.25) is 0 Å². The van der Waals surface area contributed by atoms with Crippen LogP contribution in [0.25, 0.3) is 0 Å². The third-order valence-corrected chi connectivity index (χ3v) is 2.10. The van der Waals surface area contributed by atoms with Crippen molar-refractivity contribution < 1.29 is 13.2 Å². The van der Waals surface area contributed by atoms with Gasteiger partial charge in [-0.2, -0.15) is 13.2 Å². The number of halogens is 4. The molecule has 0 saturated carbocycles. The molecule has 1 unspecified atom stereocenters. The van der Waals surface area contributed by atoms with Crippen molar-refractivity contribution in [3.63, 3.8) is 0 Å². The van der Waals surface area contributed by atoms with E-state index in [-0.39, 0.29) is 11.2 Å². The fraction of sp³-hybridized carbons (Fsp3) is 0.500.